The molecular weight excluding hydrogens is 433 g/mol. The maximum atomic E-state index is 9.68. The molecule has 0 unspecified atom stereocenters. The van der Waals surface area contributed by atoms with Gasteiger partial charge in [-0.2, -0.15) is 0 Å². The Bertz CT molecular complexity index is 977. The minimum atomic E-state index is -0.818. The lowest BCUT2D eigenvalue weighted by Crippen LogP contribution is -2.19. The van der Waals surface area contributed by atoms with Crippen LogP contribution in [0.1, 0.15) is 19.3 Å². The average molecular weight is 454 g/mol. The van der Waals surface area contributed by atoms with Gasteiger partial charge in [-0.1, -0.05) is 29.3 Å². The standard InChI is InChI=1S/C16H13Cl2N3S.C4H8O3/c17-13-4-3-11-12(10-8-19-22-9-10)7-14(20-16(11)15(13)18)21-5-1-2-6-21;1-7-3-2-4(5)6/h3-4,7-9H,1-2,5-6H2;2-3H2,1H3,(H,5,6). The van der Waals surface area contributed by atoms with Crippen LogP contribution >= 0.6 is 34.7 Å². The molecule has 1 aliphatic heterocycles. The number of fused-ring (bicyclic) bond motifs is 1. The van der Waals surface area contributed by atoms with E-state index in [9.17, 15) is 4.79 Å². The number of aliphatic carboxylic acids is 1. The number of anilines is 1. The number of carbonyl (C=O) groups is 1. The molecule has 3 aromatic rings. The number of rotatable bonds is 5. The highest BCUT2D eigenvalue weighted by molar-refractivity contribution is 7.03. The summed E-state index contributed by atoms with van der Waals surface area (Å²) >= 11 is 14.0. The molecule has 3 heterocycles. The maximum absolute atomic E-state index is 9.68. The van der Waals surface area contributed by atoms with Gasteiger partial charge in [0.25, 0.3) is 0 Å². The number of aromatic nitrogens is 2. The first-order valence-corrected chi connectivity index (χ1v) is 10.7. The topological polar surface area (TPSA) is 75.6 Å². The molecule has 0 spiro atoms. The van der Waals surface area contributed by atoms with Crippen molar-refractivity contribution in [1.82, 2.24) is 9.36 Å². The molecule has 1 aromatic carbocycles. The van der Waals surface area contributed by atoms with Crippen LogP contribution < -0.4 is 4.90 Å². The molecule has 29 heavy (non-hydrogen) atoms. The molecule has 0 radical (unpaired) electrons. The third-order valence-corrected chi connectivity index (χ3v) is 5.93. The first-order chi connectivity index (χ1) is 14.0. The van der Waals surface area contributed by atoms with E-state index >= 15 is 0 Å². The predicted molar refractivity (Wildman–Crippen MR) is 118 cm³/mol. The van der Waals surface area contributed by atoms with Gasteiger partial charge in [-0.05, 0) is 42.1 Å². The molecule has 1 aliphatic rings. The lowest BCUT2D eigenvalue weighted by Gasteiger charge is -2.19. The van der Waals surface area contributed by atoms with Crippen molar-refractivity contribution in [1.29, 1.82) is 0 Å². The summed E-state index contributed by atoms with van der Waals surface area (Å²) in [4.78, 5) is 16.8. The lowest BCUT2D eigenvalue weighted by molar-refractivity contribution is -0.137. The lowest BCUT2D eigenvalue weighted by atomic mass is 10.0. The summed E-state index contributed by atoms with van der Waals surface area (Å²) in [7, 11) is 1.48. The Hall–Kier alpha value is -1.93. The first kappa shape index (κ1) is 21.8. The first-order valence-electron chi connectivity index (χ1n) is 9.15. The average Bonchev–Trinajstić information content (AvgIpc) is 3.43. The van der Waals surface area contributed by atoms with Crippen LogP contribution in [-0.4, -0.2) is 47.2 Å². The van der Waals surface area contributed by atoms with Crippen LogP contribution in [0.4, 0.5) is 5.82 Å². The van der Waals surface area contributed by atoms with Gasteiger partial charge in [0.05, 0.1) is 28.6 Å². The van der Waals surface area contributed by atoms with Gasteiger partial charge in [-0.3, -0.25) is 4.79 Å². The number of methoxy groups -OCH3 is 1. The zero-order chi connectivity index (χ0) is 20.8. The van der Waals surface area contributed by atoms with Gasteiger partial charge in [-0.15, -0.1) is 0 Å². The number of carboxylic acid groups (broad SMARTS) is 1. The Balaban J connectivity index is 0.000000298. The van der Waals surface area contributed by atoms with Crippen molar-refractivity contribution in [3.63, 3.8) is 0 Å². The Kier molecular flexibility index (Phi) is 7.66. The minimum absolute atomic E-state index is 0.0938. The van der Waals surface area contributed by atoms with Crippen LogP contribution in [0, 0.1) is 0 Å². The van der Waals surface area contributed by atoms with Crippen molar-refractivity contribution in [3.05, 3.63) is 39.8 Å². The van der Waals surface area contributed by atoms with Gasteiger partial charge in [0, 0.05) is 42.7 Å². The van der Waals surface area contributed by atoms with Gasteiger partial charge in [0.2, 0.25) is 0 Å². The highest BCUT2D eigenvalue weighted by Crippen LogP contribution is 2.38. The number of halogens is 2. The molecule has 1 N–H and O–H groups in total. The van der Waals surface area contributed by atoms with Crippen molar-refractivity contribution < 1.29 is 14.6 Å². The molecular formula is C20H21Cl2N3O3S. The molecule has 0 bridgehead atoms. The molecule has 6 nitrogen and oxygen atoms in total. The number of pyridine rings is 1. The fraction of sp³-hybridized carbons (Fsp3) is 0.350. The molecule has 4 rings (SSSR count). The molecule has 0 amide bonds. The Morgan fingerprint density at radius 3 is 2.66 bits per heavy atom. The van der Waals surface area contributed by atoms with Crippen molar-refractivity contribution in [2.75, 3.05) is 31.7 Å². The fourth-order valence-electron chi connectivity index (χ4n) is 3.09. The smallest absolute Gasteiger partial charge is 0.305 e. The predicted octanol–water partition coefficient (Wildman–Crippen LogP) is 5.37. The van der Waals surface area contributed by atoms with E-state index in [-0.39, 0.29) is 6.42 Å². The van der Waals surface area contributed by atoms with E-state index in [2.05, 4.69) is 20.1 Å². The second-order valence-electron chi connectivity index (χ2n) is 6.53. The van der Waals surface area contributed by atoms with Gasteiger partial charge in [0.1, 0.15) is 5.82 Å². The summed E-state index contributed by atoms with van der Waals surface area (Å²) in [5, 5.41) is 12.1. The van der Waals surface area contributed by atoms with Gasteiger partial charge >= 0.3 is 5.97 Å². The van der Waals surface area contributed by atoms with Crippen LogP contribution in [0.5, 0.6) is 0 Å². The number of hydrogen-bond acceptors (Lipinski definition) is 6. The molecule has 9 heteroatoms. The fourth-order valence-corrected chi connectivity index (χ4v) is 3.99. The van der Waals surface area contributed by atoms with Crippen LogP contribution in [0.3, 0.4) is 0 Å². The van der Waals surface area contributed by atoms with E-state index in [1.807, 2.05) is 23.7 Å². The van der Waals surface area contributed by atoms with E-state index in [4.69, 9.17) is 33.3 Å². The minimum Gasteiger partial charge on any atom is -0.481 e. The molecule has 1 saturated heterocycles. The maximum Gasteiger partial charge on any atom is 0.305 e. The number of hydrogen-bond donors (Lipinski definition) is 1. The second kappa shape index (κ2) is 10.2. The molecule has 154 valence electrons. The number of ether oxygens (including phenoxy) is 1. The van der Waals surface area contributed by atoms with E-state index in [0.29, 0.717) is 16.7 Å². The van der Waals surface area contributed by atoms with Gasteiger partial charge in [-0.25, -0.2) is 9.36 Å². The summed E-state index contributed by atoms with van der Waals surface area (Å²) in [6.45, 7) is 2.38. The van der Waals surface area contributed by atoms with E-state index in [0.717, 1.165) is 40.9 Å². The monoisotopic (exact) mass is 453 g/mol. The van der Waals surface area contributed by atoms with Crippen molar-refractivity contribution in [3.8, 4) is 11.1 Å². The summed E-state index contributed by atoms with van der Waals surface area (Å²) in [6.07, 6.45) is 4.39. The third kappa shape index (κ3) is 5.36. The molecule has 0 aliphatic carbocycles. The van der Waals surface area contributed by atoms with Crippen LogP contribution in [0.25, 0.3) is 22.0 Å². The van der Waals surface area contributed by atoms with Crippen LogP contribution in [0.2, 0.25) is 10.0 Å². The van der Waals surface area contributed by atoms with Crippen LogP contribution in [0.15, 0.2) is 29.8 Å². The molecule has 2 aromatic heterocycles. The second-order valence-corrected chi connectivity index (χ2v) is 7.97. The van der Waals surface area contributed by atoms with E-state index < -0.39 is 5.97 Å². The van der Waals surface area contributed by atoms with Crippen LogP contribution in [-0.2, 0) is 9.53 Å². The normalized spacial score (nSPS) is 13.4. The van der Waals surface area contributed by atoms with Crippen molar-refractivity contribution >= 4 is 57.4 Å². The van der Waals surface area contributed by atoms with Crippen molar-refractivity contribution in [2.24, 2.45) is 0 Å². The zero-order valence-corrected chi connectivity index (χ0v) is 18.2. The zero-order valence-electron chi connectivity index (χ0n) is 15.9. The highest BCUT2D eigenvalue weighted by Gasteiger charge is 2.18. The third-order valence-electron chi connectivity index (χ3n) is 4.55. The van der Waals surface area contributed by atoms with E-state index in [1.54, 1.807) is 0 Å². The number of carboxylic acids is 1. The Morgan fingerprint density at radius 1 is 1.31 bits per heavy atom. The SMILES string of the molecule is COCCC(=O)O.Clc1ccc2c(-c3cnsc3)cc(N3CCCC3)nc2c1Cl. The highest BCUT2D eigenvalue weighted by atomic mass is 35.5. The number of benzene rings is 1. The molecule has 1 fully saturated rings. The van der Waals surface area contributed by atoms with Gasteiger partial charge < -0.3 is 14.7 Å². The molecule has 0 atom stereocenters. The Morgan fingerprint density at radius 2 is 2.07 bits per heavy atom. The summed E-state index contributed by atoms with van der Waals surface area (Å²) < 4.78 is 8.69. The summed E-state index contributed by atoms with van der Waals surface area (Å²) in [5.74, 6) is 0.150. The quantitative estimate of drug-likeness (QED) is 0.559. The van der Waals surface area contributed by atoms with E-state index in [1.165, 1.54) is 31.5 Å². The summed E-state index contributed by atoms with van der Waals surface area (Å²) in [6, 6.07) is 5.95. The number of nitrogens with zero attached hydrogens (tertiary/aromatic N) is 3. The Labute approximate surface area is 183 Å². The van der Waals surface area contributed by atoms with Crippen molar-refractivity contribution in [2.45, 2.75) is 19.3 Å². The summed E-state index contributed by atoms with van der Waals surface area (Å²) in [5.41, 5.74) is 2.97. The van der Waals surface area contributed by atoms with Gasteiger partial charge in [0.15, 0.2) is 0 Å². The molecule has 0 saturated carbocycles. The largest absolute Gasteiger partial charge is 0.481 e.